The zero-order valence-electron chi connectivity index (χ0n) is 13.9. The minimum atomic E-state index is 0.184. The quantitative estimate of drug-likeness (QED) is 0.844. The van der Waals surface area contributed by atoms with Crippen molar-refractivity contribution in [2.75, 3.05) is 26.3 Å². The van der Waals surface area contributed by atoms with Crippen LogP contribution in [0.2, 0.25) is 0 Å². The monoisotopic (exact) mass is 328 g/mol. The Labute approximate surface area is 142 Å². The Morgan fingerprint density at radius 1 is 1.21 bits per heavy atom. The molecule has 0 radical (unpaired) electrons. The molecule has 0 aromatic carbocycles. The molecule has 0 unspecified atom stereocenters. The van der Waals surface area contributed by atoms with Crippen LogP contribution in [0.1, 0.15) is 25.0 Å². The van der Waals surface area contributed by atoms with Crippen LogP contribution in [-0.4, -0.2) is 42.3 Å². The van der Waals surface area contributed by atoms with Gasteiger partial charge in [-0.2, -0.15) is 0 Å². The van der Waals surface area contributed by atoms with Gasteiger partial charge in [-0.1, -0.05) is 6.07 Å². The van der Waals surface area contributed by atoms with Crippen molar-refractivity contribution in [2.45, 2.75) is 31.9 Å². The molecule has 0 amide bonds. The highest BCUT2D eigenvalue weighted by Gasteiger charge is 2.42. The van der Waals surface area contributed by atoms with Crippen LogP contribution in [0.3, 0.4) is 0 Å². The number of likely N-dealkylation sites (tertiary alicyclic amines) is 1. The van der Waals surface area contributed by atoms with Crippen LogP contribution in [0.15, 0.2) is 47.2 Å². The van der Waals surface area contributed by atoms with E-state index in [4.69, 9.17) is 13.9 Å². The molecule has 2 fully saturated rings. The van der Waals surface area contributed by atoms with Gasteiger partial charge in [0, 0.05) is 12.3 Å². The summed E-state index contributed by atoms with van der Waals surface area (Å²) >= 11 is 0. The first-order chi connectivity index (χ1) is 11.8. The summed E-state index contributed by atoms with van der Waals surface area (Å²) in [4.78, 5) is 6.67. The van der Waals surface area contributed by atoms with Crippen molar-refractivity contribution in [1.29, 1.82) is 0 Å². The number of nitrogens with zero attached hydrogens (tertiary/aromatic N) is 2. The topological polar surface area (TPSA) is 47.7 Å². The molecule has 5 nitrogen and oxygen atoms in total. The summed E-state index contributed by atoms with van der Waals surface area (Å²) in [6.45, 7) is 4.58. The van der Waals surface area contributed by atoms with Crippen molar-refractivity contribution < 1.29 is 13.9 Å². The zero-order chi connectivity index (χ0) is 16.2. The van der Waals surface area contributed by atoms with Gasteiger partial charge in [0.2, 0.25) is 5.88 Å². The molecule has 0 saturated carbocycles. The number of rotatable bonds is 5. The van der Waals surface area contributed by atoms with Crippen molar-refractivity contribution in [3.05, 3.63) is 48.6 Å². The standard InChI is InChI=1S/C19H24N2O3/c1-2-8-20-18(5-1)23-14-17-12-19(15-24-17)6-9-21(10-7-19)13-16-4-3-11-22-16/h1-5,8,11,17H,6-7,9-10,12-15H2/t17-/m0/s1. The molecule has 4 heterocycles. The molecule has 2 aliphatic heterocycles. The van der Waals surface area contributed by atoms with Crippen LogP contribution in [-0.2, 0) is 11.3 Å². The molecule has 0 bridgehead atoms. The SMILES string of the molecule is c1ccc(OC[C@@H]2CC3(CCN(Cc4ccco4)CC3)CO2)nc1. The molecule has 128 valence electrons. The number of furan rings is 1. The van der Waals surface area contributed by atoms with Gasteiger partial charge < -0.3 is 13.9 Å². The van der Waals surface area contributed by atoms with Crippen LogP contribution in [0, 0.1) is 5.41 Å². The first kappa shape index (κ1) is 15.7. The number of hydrogen-bond acceptors (Lipinski definition) is 5. The maximum atomic E-state index is 6.02. The summed E-state index contributed by atoms with van der Waals surface area (Å²) in [5.74, 6) is 1.73. The molecule has 4 rings (SSSR count). The van der Waals surface area contributed by atoms with Gasteiger partial charge in [-0.05, 0) is 56.0 Å². The summed E-state index contributed by atoms with van der Waals surface area (Å²) in [5.41, 5.74) is 0.331. The average Bonchev–Trinajstić information content (AvgIpc) is 3.27. The first-order valence-corrected chi connectivity index (χ1v) is 8.72. The number of ether oxygens (including phenoxy) is 2. The van der Waals surface area contributed by atoms with Gasteiger partial charge in [-0.15, -0.1) is 0 Å². The lowest BCUT2D eigenvalue weighted by Gasteiger charge is -2.38. The van der Waals surface area contributed by atoms with E-state index >= 15 is 0 Å². The fourth-order valence-corrected chi connectivity index (χ4v) is 3.77. The lowest BCUT2D eigenvalue weighted by molar-refractivity contribution is 0.0454. The highest BCUT2D eigenvalue weighted by atomic mass is 16.5. The second-order valence-electron chi connectivity index (χ2n) is 6.97. The highest BCUT2D eigenvalue weighted by molar-refractivity contribution is 5.09. The van der Waals surface area contributed by atoms with E-state index in [1.54, 1.807) is 12.5 Å². The third kappa shape index (κ3) is 3.62. The van der Waals surface area contributed by atoms with E-state index in [2.05, 4.69) is 9.88 Å². The highest BCUT2D eigenvalue weighted by Crippen LogP contribution is 2.42. The van der Waals surface area contributed by atoms with Crippen molar-refractivity contribution in [3.8, 4) is 5.88 Å². The Balaban J connectivity index is 1.24. The number of piperidine rings is 1. The molecule has 2 aromatic heterocycles. The Kier molecular flexibility index (Phi) is 4.54. The van der Waals surface area contributed by atoms with E-state index < -0.39 is 0 Å². The zero-order valence-corrected chi connectivity index (χ0v) is 13.9. The smallest absolute Gasteiger partial charge is 0.213 e. The minimum Gasteiger partial charge on any atom is -0.475 e. The molecule has 2 aliphatic rings. The Bertz CT molecular complexity index is 621. The molecule has 1 atom stereocenters. The van der Waals surface area contributed by atoms with Gasteiger partial charge in [0.1, 0.15) is 12.4 Å². The van der Waals surface area contributed by atoms with Crippen molar-refractivity contribution in [2.24, 2.45) is 5.41 Å². The normalized spacial score (nSPS) is 23.6. The van der Waals surface area contributed by atoms with Crippen molar-refractivity contribution in [1.82, 2.24) is 9.88 Å². The third-order valence-electron chi connectivity index (χ3n) is 5.22. The number of pyridine rings is 1. The minimum absolute atomic E-state index is 0.184. The molecule has 2 saturated heterocycles. The van der Waals surface area contributed by atoms with Crippen LogP contribution < -0.4 is 4.74 Å². The second-order valence-corrected chi connectivity index (χ2v) is 6.97. The summed E-state index contributed by atoms with van der Waals surface area (Å²) in [5, 5.41) is 0. The summed E-state index contributed by atoms with van der Waals surface area (Å²) in [6.07, 6.45) is 7.15. The Morgan fingerprint density at radius 2 is 2.12 bits per heavy atom. The van der Waals surface area contributed by atoms with E-state index in [-0.39, 0.29) is 6.10 Å². The summed E-state index contributed by atoms with van der Waals surface area (Å²) in [7, 11) is 0. The number of aromatic nitrogens is 1. The molecule has 5 heteroatoms. The van der Waals surface area contributed by atoms with Gasteiger partial charge >= 0.3 is 0 Å². The van der Waals surface area contributed by atoms with Crippen molar-refractivity contribution >= 4 is 0 Å². The maximum Gasteiger partial charge on any atom is 0.213 e. The van der Waals surface area contributed by atoms with E-state index in [1.807, 2.05) is 30.3 Å². The lowest BCUT2D eigenvalue weighted by Crippen LogP contribution is -2.40. The van der Waals surface area contributed by atoms with Crippen LogP contribution in [0.4, 0.5) is 0 Å². The summed E-state index contributed by atoms with van der Waals surface area (Å²) < 4.78 is 17.2. The molecular formula is C19H24N2O3. The average molecular weight is 328 g/mol. The lowest BCUT2D eigenvalue weighted by atomic mass is 9.76. The van der Waals surface area contributed by atoms with Crippen LogP contribution in [0.5, 0.6) is 5.88 Å². The van der Waals surface area contributed by atoms with Gasteiger partial charge in [0.25, 0.3) is 0 Å². The van der Waals surface area contributed by atoms with Gasteiger partial charge in [0.15, 0.2) is 0 Å². The first-order valence-electron chi connectivity index (χ1n) is 8.72. The van der Waals surface area contributed by atoms with Crippen LogP contribution >= 0.6 is 0 Å². The second kappa shape index (κ2) is 6.95. The predicted octanol–water partition coefficient (Wildman–Crippen LogP) is 3.12. The largest absolute Gasteiger partial charge is 0.475 e. The fraction of sp³-hybridized carbons (Fsp3) is 0.526. The van der Waals surface area contributed by atoms with Gasteiger partial charge in [-0.3, -0.25) is 4.90 Å². The van der Waals surface area contributed by atoms with Crippen LogP contribution in [0.25, 0.3) is 0 Å². The van der Waals surface area contributed by atoms with Gasteiger partial charge in [0.05, 0.1) is 25.5 Å². The molecule has 2 aromatic rings. The third-order valence-corrected chi connectivity index (χ3v) is 5.22. The maximum absolute atomic E-state index is 6.02. The Hall–Kier alpha value is -1.85. The van der Waals surface area contributed by atoms with E-state index in [1.165, 1.54) is 12.8 Å². The van der Waals surface area contributed by atoms with E-state index in [0.29, 0.717) is 17.9 Å². The molecular weight excluding hydrogens is 304 g/mol. The van der Waals surface area contributed by atoms with E-state index in [9.17, 15) is 0 Å². The molecule has 0 N–H and O–H groups in total. The fourth-order valence-electron chi connectivity index (χ4n) is 3.77. The van der Waals surface area contributed by atoms with Gasteiger partial charge in [-0.25, -0.2) is 4.98 Å². The Morgan fingerprint density at radius 3 is 2.88 bits per heavy atom. The number of hydrogen-bond donors (Lipinski definition) is 0. The summed E-state index contributed by atoms with van der Waals surface area (Å²) in [6, 6.07) is 9.72. The molecule has 24 heavy (non-hydrogen) atoms. The molecule has 1 spiro atoms. The molecule has 0 aliphatic carbocycles. The van der Waals surface area contributed by atoms with Crippen molar-refractivity contribution in [3.63, 3.8) is 0 Å². The van der Waals surface area contributed by atoms with E-state index in [0.717, 1.165) is 38.4 Å². The predicted molar refractivity (Wildman–Crippen MR) is 89.7 cm³/mol.